The van der Waals surface area contributed by atoms with Gasteiger partial charge in [-0.3, -0.25) is 0 Å². The maximum absolute atomic E-state index is 10.3. The molecule has 0 aliphatic heterocycles. The summed E-state index contributed by atoms with van der Waals surface area (Å²) < 4.78 is 1.86. The number of phenolic OH excluding ortho intramolecular Hbond substituents is 1. The summed E-state index contributed by atoms with van der Waals surface area (Å²) in [5.74, 6) is 0.727. The van der Waals surface area contributed by atoms with Crippen LogP contribution < -0.4 is 0 Å². The highest BCUT2D eigenvalue weighted by Gasteiger charge is 2.13. The maximum atomic E-state index is 10.3. The Bertz CT molecular complexity index is 771. The molecular formula is C17H15ClN2O2. The number of benzene rings is 2. The minimum atomic E-state index is -0.623. The van der Waals surface area contributed by atoms with Gasteiger partial charge >= 0.3 is 0 Å². The van der Waals surface area contributed by atoms with Gasteiger partial charge < -0.3 is 14.8 Å². The third-order valence-corrected chi connectivity index (χ3v) is 3.78. The van der Waals surface area contributed by atoms with E-state index in [4.69, 9.17) is 11.6 Å². The van der Waals surface area contributed by atoms with Crippen LogP contribution in [0.4, 0.5) is 0 Å². The minimum Gasteiger partial charge on any atom is -0.506 e. The fraction of sp³-hybridized carbons (Fsp3) is 0.118. The van der Waals surface area contributed by atoms with Crippen molar-refractivity contribution in [3.8, 4) is 17.1 Å². The second-order valence-electron chi connectivity index (χ2n) is 5.00. The molecule has 2 N–H and O–H groups in total. The Balaban J connectivity index is 1.87. The predicted molar refractivity (Wildman–Crippen MR) is 85.7 cm³/mol. The third-order valence-electron chi connectivity index (χ3n) is 3.48. The summed E-state index contributed by atoms with van der Waals surface area (Å²) >= 11 is 5.95. The normalized spacial score (nSPS) is 12.3. The molecule has 1 atom stereocenters. The summed E-state index contributed by atoms with van der Waals surface area (Å²) in [5.41, 5.74) is 1.64. The lowest BCUT2D eigenvalue weighted by atomic mass is 10.1. The number of hydrogen-bond donors (Lipinski definition) is 2. The van der Waals surface area contributed by atoms with Crippen LogP contribution in [0.2, 0.25) is 5.02 Å². The molecular weight excluding hydrogens is 300 g/mol. The van der Waals surface area contributed by atoms with Crippen LogP contribution in [0.1, 0.15) is 11.7 Å². The lowest BCUT2D eigenvalue weighted by Gasteiger charge is -2.14. The van der Waals surface area contributed by atoms with Gasteiger partial charge in [0.25, 0.3) is 0 Å². The van der Waals surface area contributed by atoms with Gasteiger partial charge in [0.15, 0.2) is 0 Å². The molecule has 22 heavy (non-hydrogen) atoms. The van der Waals surface area contributed by atoms with E-state index in [0.29, 0.717) is 12.4 Å². The fourth-order valence-corrected chi connectivity index (χ4v) is 2.51. The highest BCUT2D eigenvalue weighted by atomic mass is 35.5. The fourth-order valence-electron chi connectivity index (χ4n) is 2.33. The van der Waals surface area contributed by atoms with Crippen LogP contribution >= 0.6 is 11.6 Å². The molecule has 0 unspecified atom stereocenters. The topological polar surface area (TPSA) is 58.3 Å². The van der Waals surface area contributed by atoms with E-state index in [1.54, 1.807) is 18.3 Å². The second-order valence-corrected chi connectivity index (χ2v) is 5.40. The summed E-state index contributed by atoms with van der Waals surface area (Å²) in [6.45, 7) is 0.387. The zero-order valence-corrected chi connectivity index (χ0v) is 12.5. The number of aromatic nitrogens is 2. The van der Waals surface area contributed by atoms with Crippen molar-refractivity contribution in [2.45, 2.75) is 12.6 Å². The quantitative estimate of drug-likeness (QED) is 0.773. The third kappa shape index (κ3) is 2.98. The first kappa shape index (κ1) is 14.6. The number of aliphatic hydroxyl groups is 1. The lowest BCUT2D eigenvalue weighted by Crippen LogP contribution is -2.09. The summed E-state index contributed by atoms with van der Waals surface area (Å²) in [6.07, 6.45) is 2.86. The van der Waals surface area contributed by atoms with Crippen molar-refractivity contribution in [1.29, 1.82) is 0 Å². The molecule has 3 rings (SSSR count). The zero-order chi connectivity index (χ0) is 15.5. The average molecular weight is 315 g/mol. The molecule has 1 aromatic heterocycles. The van der Waals surface area contributed by atoms with Crippen LogP contribution in [-0.2, 0) is 6.54 Å². The van der Waals surface area contributed by atoms with E-state index < -0.39 is 6.10 Å². The first-order chi connectivity index (χ1) is 10.6. The molecule has 0 bridgehead atoms. The number of hydrogen-bond acceptors (Lipinski definition) is 3. The number of rotatable bonds is 4. The molecule has 4 nitrogen and oxygen atoms in total. The summed E-state index contributed by atoms with van der Waals surface area (Å²) in [5, 5.41) is 20.1. The van der Waals surface area contributed by atoms with Gasteiger partial charge in [-0.1, -0.05) is 41.9 Å². The van der Waals surface area contributed by atoms with Gasteiger partial charge in [-0.05, 0) is 23.8 Å². The Morgan fingerprint density at radius 3 is 2.64 bits per heavy atom. The monoisotopic (exact) mass is 314 g/mol. The van der Waals surface area contributed by atoms with Crippen molar-refractivity contribution in [1.82, 2.24) is 9.55 Å². The lowest BCUT2D eigenvalue weighted by molar-refractivity contribution is 0.157. The Morgan fingerprint density at radius 1 is 1.14 bits per heavy atom. The van der Waals surface area contributed by atoms with E-state index in [2.05, 4.69) is 4.98 Å². The predicted octanol–water partition coefficient (Wildman–Crippen LogP) is 3.64. The summed E-state index contributed by atoms with van der Waals surface area (Å²) in [7, 11) is 0. The Hall–Kier alpha value is -2.30. The molecule has 0 aliphatic rings. The molecule has 112 valence electrons. The van der Waals surface area contributed by atoms with E-state index in [9.17, 15) is 10.2 Å². The van der Waals surface area contributed by atoms with Gasteiger partial charge in [0.05, 0.1) is 17.7 Å². The molecule has 0 aliphatic carbocycles. The summed E-state index contributed by atoms with van der Waals surface area (Å²) in [6, 6.07) is 14.4. The molecule has 0 saturated heterocycles. The highest BCUT2D eigenvalue weighted by molar-refractivity contribution is 6.32. The van der Waals surface area contributed by atoms with Crippen molar-refractivity contribution in [2.24, 2.45) is 0 Å². The van der Waals surface area contributed by atoms with E-state index in [-0.39, 0.29) is 10.8 Å². The summed E-state index contributed by atoms with van der Waals surface area (Å²) in [4.78, 5) is 4.32. The first-order valence-electron chi connectivity index (χ1n) is 6.88. The Kier molecular flexibility index (Phi) is 4.13. The minimum absolute atomic E-state index is 0.0350. The SMILES string of the molecule is Oc1ccc(-c2nccn2C[C@@H](O)c2ccccc2)cc1Cl. The molecule has 0 spiro atoms. The maximum Gasteiger partial charge on any atom is 0.140 e. The molecule has 0 saturated carbocycles. The molecule has 1 heterocycles. The van der Waals surface area contributed by atoms with Crippen molar-refractivity contribution in [3.63, 3.8) is 0 Å². The number of imidazole rings is 1. The second kappa shape index (κ2) is 6.22. The average Bonchev–Trinajstić information content (AvgIpc) is 2.99. The van der Waals surface area contributed by atoms with Crippen LogP contribution in [0.5, 0.6) is 5.75 Å². The zero-order valence-electron chi connectivity index (χ0n) is 11.7. The van der Waals surface area contributed by atoms with Gasteiger partial charge in [0.2, 0.25) is 0 Å². The number of phenols is 1. The number of halogens is 1. The first-order valence-corrected chi connectivity index (χ1v) is 7.26. The number of aliphatic hydroxyl groups excluding tert-OH is 1. The molecule has 0 amide bonds. The standard InChI is InChI=1S/C17H15ClN2O2/c18-14-10-13(6-7-15(14)21)17-19-8-9-20(17)11-16(22)12-4-2-1-3-5-12/h1-10,16,21-22H,11H2/t16-/m1/s1. The van der Waals surface area contributed by atoms with Gasteiger partial charge in [-0.15, -0.1) is 0 Å². The van der Waals surface area contributed by atoms with Crippen molar-refractivity contribution >= 4 is 11.6 Å². The Morgan fingerprint density at radius 2 is 1.91 bits per heavy atom. The van der Waals surface area contributed by atoms with E-state index in [1.807, 2.05) is 41.1 Å². The number of nitrogens with zero attached hydrogens (tertiary/aromatic N) is 2. The highest BCUT2D eigenvalue weighted by Crippen LogP contribution is 2.29. The Labute approximate surface area is 133 Å². The van der Waals surface area contributed by atoms with Crippen LogP contribution in [0.3, 0.4) is 0 Å². The smallest absolute Gasteiger partial charge is 0.140 e. The van der Waals surface area contributed by atoms with E-state index >= 15 is 0 Å². The molecule has 2 aromatic carbocycles. The van der Waals surface area contributed by atoms with Crippen molar-refractivity contribution in [2.75, 3.05) is 0 Å². The molecule has 5 heteroatoms. The number of aromatic hydroxyl groups is 1. The van der Waals surface area contributed by atoms with Crippen LogP contribution in [0.15, 0.2) is 60.9 Å². The molecule has 0 radical (unpaired) electrons. The van der Waals surface area contributed by atoms with Crippen LogP contribution in [0.25, 0.3) is 11.4 Å². The van der Waals surface area contributed by atoms with E-state index in [0.717, 1.165) is 11.1 Å². The van der Waals surface area contributed by atoms with Crippen LogP contribution in [0, 0.1) is 0 Å². The van der Waals surface area contributed by atoms with Crippen molar-refractivity contribution < 1.29 is 10.2 Å². The van der Waals surface area contributed by atoms with Gasteiger partial charge in [0, 0.05) is 18.0 Å². The molecule has 3 aromatic rings. The van der Waals surface area contributed by atoms with E-state index in [1.165, 1.54) is 6.07 Å². The van der Waals surface area contributed by atoms with Gasteiger partial charge in [0.1, 0.15) is 11.6 Å². The van der Waals surface area contributed by atoms with Crippen LogP contribution in [-0.4, -0.2) is 19.8 Å². The van der Waals surface area contributed by atoms with Crippen molar-refractivity contribution in [3.05, 3.63) is 71.5 Å². The molecule has 0 fully saturated rings. The largest absolute Gasteiger partial charge is 0.506 e. The van der Waals surface area contributed by atoms with Gasteiger partial charge in [-0.2, -0.15) is 0 Å². The van der Waals surface area contributed by atoms with Gasteiger partial charge in [-0.25, -0.2) is 4.98 Å².